The van der Waals surface area contributed by atoms with Crippen LogP contribution < -0.4 is 5.32 Å². The van der Waals surface area contributed by atoms with Crippen LogP contribution in [0.25, 0.3) is 0 Å². The summed E-state index contributed by atoms with van der Waals surface area (Å²) in [7, 11) is 2.00. The van der Waals surface area contributed by atoms with Crippen LogP contribution in [-0.2, 0) is 0 Å². The Morgan fingerprint density at radius 3 is 2.33 bits per heavy atom. The highest BCUT2D eigenvalue weighted by Gasteiger charge is 2.24. The number of nitrogens with one attached hydrogen (secondary N) is 1. The number of rotatable bonds is 4. The molecule has 1 fully saturated rings. The first-order valence-electron chi connectivity index (χ1n) is 7.63. The number of halogens is 1. The lowest BCUT2D eigenvalue weighted by Crippen LogP contribution is -2.39. The zero-order chi connectivity index (χ0) is 14.5. The van der Waals surface area contributed by atoms with Crippen LogP contribution in [0.1, 0.15) is 40.7 Å². The van der Waals surface area contributed by atoms with E-state index in [9.17, 15) is 4.79 Å². The number of hydrogen-bond acceptors (Lipinski definition) is 2. The molecule has 1 heterocycles. The molecule has 0 saturated carbocycles. The summed E-state index contributed by atoms with van der Waals surface area (Å²) in [5.41, 5.74) is 3.08. The predicted molar refractivity (Wildman–Crippen MR) is 90.3 cm³/mol. The van der Waals surface area contributed by atoms with Gasteiger partial charge in [0.25, 0.3) is 5.91 Å². The molecule has 1 amide bonds. The van der Waals surface area contributed by atoms with Crippen molar-refractivity contribution in [1.29, 1.82) is 0 Å². The van der Waals surface area contributed by atoms with Crippen molar-refractivity contribution in [2.75, 3.05) is 26.7 Å². The second-order valence-corrected chi connectivity index (χ2v) is 5.89. The Morgan fingerprint density at radius 1 is 1.24 bits per heavy atom. The molecule has 0 bridgehead atoms. The molecule has 0 aliphatic carbocycles. The van der Waals surface area contributed by atoms with Crippen LogP contribution in [0.15, 0.2) is 18.2 Å². The Hall–Kier alpha value is -1.06. The van der Waals surface area contributed by atoms with Crippen LogP contribution in [0, 0.1) is 19.8 Å². The monoisotopic (exact) mass is 310 g/mol. The van der Waals surface area contributed by atoms with Gasteiger partial charge in [-0.2, -0.15) is 0 Å². The molecule has 0 radical (unpaired) electrons. The van der Waals surface area contributed by atoms with Gasteiger partial charge in [0.2, 0.25) is 0 Å². The molecule has 118 valence electrons. The highest BCUT2D eigenvalue weighted by Crippen LogP contribution is 2.23. The Labute approximate surface area is 134 Å². The number of piperidine rings is 1. The number of amides is 1. The van der Waals surface area contributed by atoms with Crippen molar-refractivity contribution in [2.24, 2.45) is 5.92 Å². The molecule has 21 heavy (non-hydrogen) atoms. The quantitative estimate of drug-likeness (QED) is 0.926. The van der Waals surface area contributed by atoms with Gasteiger partial charge in [0.05, 0.1) is 0 Å². The van der Waals surface area contributed by atoms with Gasteiger partial charge in [-0.1, -0.05) is 18.2 Å². The third-order valence-corrected chi connectivity index (χ3v) is 4.40. The number of carbonyl (C=O) groups is 1. The summed E-state index contributed by atoms with van der Waals surface area (Å²) in [4.78, 5) is 14.7. The lowest BCUT2D eigenvalue weighted by Gasteiger charge is -2.32. The SMILES string of the molecule is CNCCC1CCN(C(=O)c2c(C)cccc2C)CC1.Cl. The summed E-state index contributed by atoms with van der Waals surface area (Å²) in [6.07, 6.45) is 3.50. The van der Waals surface area contributed by atoms with E-state index in [1.54, 1.807) is 0 Å². The third-order valence-electron chi connectivity index (χ3n) is 4.40. The highest BCUT2D eigenvalue weighted by molar-refractivity contribution is 5.97. The standard InChI is InChI=1S/C17H26N2O.ClH/c1-13-5-4-6-14(2)16(13)17(20)19-11-8-15(9-12-19)7-10-18-3;/h4-6,15,18H,7-12H2,1-3H3;1H. The van der Waals surface area contributed by atoms with E-state index in [-0.39, 0.29) is 18.3 Å². The largest absolute Gasteiger partial charge is 0.339 e. The molecule has 1 aromatic carbocycles. The molecule has 0 aromatic heterocycles. The molecule has 1 aromatic rings. The summed E-state index contributed by atoms with van der Waals surface area (Å²) >= 11 is 0. The summed E-state index contributed by atoms with van der Waals surface area (Å²) < 4.78 is 0. The van der Waals surface area contributed by atoms with Crippen molar-refractivity contribution in [3.05, 3.63) is 34.9 Å². The molecule has 3 nitrogen and oxygen atoms in total. The average molecular weight is 311 g/mol. The van der Waals surface area contributed by atoms with Crippen molar-refractivity contribution >= 4 is 18.3 Å². The van der Waals surface area contributed by atoms with Gasteiger partial charge in [0.15, 0.2) is 0 Å². The second kappa shape index (κ2) is 8.40. The highest BCUT2D eigenvalue weighted by atomic mass is 35.5. The van der Waals surface area contributed by atoms with Crippen molar-refractivity contribution in [1.82, 2.24) is 10.2 Å². The Kier molecular flexibility index (Phi) is 7.20. The minimum Gasteiger partial charge on any atom is -0.339 e. The Morgan fingerprint density at radius 2 is 1.81 bits per heavy atom. The fourth-order valence-electron chi connectivity index (χ4n) is 3.08. The number of aryl methyl sites for hydroxylation is 2. The molecule has 1 saturated heterocycles. The summed E-state index contributed by atoms with van der Waals surface area (Å²) in [6, 6.07) is 6.07. The first-order valence-corrected chi connectivity index (χ1v) is 7.63. The van der Waals surface area contributed by atoms with Crippen LogP contribution in [0.3, 0.4) is 0 Å². The molecule has 1 N–H and O–H groups in total. The second-order valence-electron chi connectivity index (χ2n) is 5.89. The van der Waals surface area contributed by atoms with E-state index in [1.807, 2.05) is 44.0 Å². The summed E-state index contributed by atoms with van der Waals surface area (Å²) in [5, 5.41) is 3.21. The molecule has 2 rings (SSSR count). The molecular weight excluding hydrogens is 284 g/mol. The van der Waals surface area contributed by atoms with Crippen LogP contribution in [0.5, 0.6) is 0 Å². The number of hydrogen-bond donors (Lipinski definition) is 1. The molecule has 1 aliphatic heterocycles. The van der Waals surface area contributed by atoms with Crippen LogP contribution in [-0.4, -0.2) is 37.5 Å². The topological polar surface area (TPSA) is 32.3 Å². The van der Waals surface area contributed by atoms with Gasteiger partial charge < -0.3 is 10.2 Å². The smallest absolute Gasteiger partial charge is 0.254 e. The van der Waals surface area contributed by atoms with Crippen LogP contribution in [0.2, 0.25) is 0 Å². The lowest BCUT2D eigenvalue weighted by molar-refractivity contribution is 0.0685. The Bertz CT molecular complexity index is 448. The van der Waals surface area contributed by atoms with Gasteiger partial charge in [-0.25, -0.2) is 0 Å². The molecule has 0 atom stereocenters. The molecule has 0 unspecified atom stereocenters. The Balaban J connectivity index is 0.00000220. The first kappa shape index (κ1) is 18.0. The number of nitrogens with zero attached hydrogens (tertiary/aromatic N) is 1. The predicted octanol–water partition coefficient (Wildman–Crippen LogP) is 3.19. The maximum Gasteiger partial charge on any atom is 0.254 e. The van der Waals surface area contributed by atoms with Gasteiger partial charge in [-0.15, -0.1) is 12.4 Å². The molecule has 4 heteroatoms. The number of likely N-dealkylation sites (tertiary alicyclic amines) is 1. The average Bonchev–Trinajstić information content (AvgIpc) is 2.45. The lowest BCUT2D eigenvalue weighted by atomic mass is 9.92. The van der Waals surface area contributed by atoms with Crippen molar-refractivity contribution in [3.63, 3.8) is 0 Å². The zero-order valence-corrected chi connectivity index (χ0v) is 14.1. The van der Waals surface area contributed by atoms with Crippen LogP contribution in [0.4, 0.5) is 0 Å². The van der Waals surface area contributed by atoms with E-state index in [1.165, 1.54) is 6.42 Å². The van der Waals surface area contributed by atoms with Crippen molar-refractivity contribution in [3.8, 4) is 0 Å². The summed E-state index contributed by atoms with van der Waals surface area (Å²) in [5.74, 6) is 0.983. The van der Waals surface area contributed by atoms with Gasteiger partial charge in [0.1, 0.15) is 0 Å². The zero-order valence-electron chi connectivity index (χ0n) is 13.3. The van der Waals surface area contributed by atoms with E-state index < -0.39 is 0 Å². The maximum absolute atomic E-state index is 12.7. The fraction of sp³-hybridized carbons (Fsp3) is 0.588. The third kappa shape index (κ3) is 4.45. The van der Waals surface area contributed by atoms with Crippen LogP contribution >= 0.6 is 12.4 Å². The first-order chi connectivity index (χ1) is 9.63. The van der Waals surface area contributed by atoms with Gasteiger partial charge in [-0.05, 0) is 63.7 Å². The van der Waals surface area contributed by atoms with Crippen molar-refractivity contribution in [2.45, 2.75) is 33.1 Å². The fourth-order valence-corrected chi connectivity index (χ4v) is 3.08. The van der Waals surface area contributed by atoms with E-state index in [4.69, 9.17) is 0 Å². The number of benzene rings is 1. The van der Waals surface area contributed by atoms with Gasteiger partial charge in [0, 0.05) is 18.7 Å². The van der Waals surface area contributed by atoms with E-state index >= 15 is 0 Å². The number of carbonyl (C=O) groups excluding carboxylic acids is 1. The summed E-state index contributed by atoms with van der Waals surface area (Å²) in [6.45, 7) is 6.94. The molecule has 0 spiro atoms. The van der Waals surface area contributed by atoms with E-state index in [0.29, 0.717) is 0 Å². The van der Waals surface area contributed by atoms with Gasteiger partial charge >= 0.3 is 0 Å². The normalized spacial score (nSPS) is 15.7. The minimum atomic E-state index is 0. The van der Waals surface area contributed by atoms with E-state index in [2.05, 4.69) is 5.32 Å². The van der Waals surface area contributed by atoms with E-state index in [0.717, 1.165) is 55.1 Å². The maximum atomic E-state index is 12.7. The van der Waals surface area contributed by atoms with Gasteiger partial charge in [-0.3, -0.25) is 4.79 Å². The van der Waals surface area contributed by atoms with Crippen molar-refractivity contribution < 1.29 is 4.79 Å². The minimum absolute atomic E-state index is 0. The molecule has 1 aliphatic rings. The molecular formula is C17H27ClN2O.